The quantitative estimate of drug-likeness (QED) is 0.490. The van der Waals surface area contributed by atoms with Crippen LogP contribution in [-0.4, -0.2) is 16.7 Å². The normalized spacial score (nSPS) is 12.2. The summed E-state index contributed by atoms with van der Waals surface area (Å²) in [6, 6.07) is 20.8. The van der Waals surface area contributed by atoms with Crippen LogP contribution in [0.15, 0.2) is 60.7 Å². The van der Waals surface area contributed by atoms with Crippen molar-refractivity contribution < 1.29 is 4.74 Å². The molecule has 1 atom stereocenters. The summed E-state index contributed by atoms with van der Waals surface area (Å²) in [4.78, 5) is 4.86. The van der Waals surface area contributed by atoms with E-state index in [0.29, 0.717) is 6.54 Å². The lowest BCUT2D eigenvalue weighted by molar-refractivity contribution is 0.415. The molecule has 1 heterocycles. The molecule has 0 bridgehead atoms. The Morgan fingerprint density at radius 1 is 1.08 bits per heavy atom. The number of nitrogens with zero attached hydrogens (tertiary/aromatic N) is 2. The second-order valence-electron chi connectivity index (χ2n) is 6.44. The van der Waals surface area contributed by atoms with Gasteiger partial charge in [0.15, 0.2) is 0 Å². The number of hydrogen-bond acceptors (Lipinski definition) is 2. The molecule has 0 radical (unpaired) electrons. The summed E-state index contributed by atoms with van der Waals surface area (Å²) in [5.41, 5.74) is 3.28. The van der Waals surface area contributed by atoms with Gasteiger partial charge in [0, 0.05) is 5.92 Å². The van der Waals surface area contributed by atoms with E-state index in [1.807, 2.05) is 24.3 Å². The Hall–Kier alpha value is -3.25. The summed E-state index contributed by atoms with van der Waals surface area (Å²) in [5.74, 6) is 4.77. The molecule has 3 heteroatoms. The third kappa shape index (κ3) is 2.70. The monoisotopic (exact) mass is 340 g/mol. The lowest BCUT2D eigenvalue weighted by atomic mass is 9.97. The van der Waals surface area contributed by atoms with Crippen LogP contribution in [0.4, 0.5) is 0 Å². The zero-order chi connectivity index (χ0) is 18.1. The van der Waals surface area contributed by atoms with Crippen LogP contribution >= 0.6 is 0 Å². The Morgan fingerprint density at radius 2 is 1.85 bits per heavy atom. The molecule has 0 saturated carbocycles. The fourth-order valence-corrected chi connectivity index (χ4v) is 3.47. The number of hydrogen-bond donors (Lipinski definition) is 0. The highest BCUT2D eigenvalue weighted by Crippen LogP contribution is 2.30. The molecule has 0 amide bonds. The average Bonchev–Trinajstić information content (AvgIpc) is 3.05. The number of ether oxygens (including phenoxy) is 1. The largest absolute Gasteiger partial charge is 0.497 e. The van der Waals surface area contributed by atoms with E-state index in [9.17, 15) is 0 Å². The molecule has 0 spiro atoms. The van der Waals surface area contributed by atoms with E-state index in [-0.39, 0.29) is 5.92 Å². The van der Waals surface area contributed by atoms with Crippen molar-refractivity contribution in [2.24, 2.45) is 0 Å². The first-order chi connectivity index (χ1) is 12.7. The summed E-state index contributed by atoms with van der Waals surface area (Å²) < 4.78 is 7.45. The molecule has 0 aliphatic carbocycles. The molecular formula is C23H20N2O. The van der Waals surface area contributed by atoms with Crippen molar-refractivity contribution in [2.45, 2.75) is 19.4 Å². The smallest absolute Gasteiger partial charge is 0.119 e. The topological polar surface area (TPSA) is 27.1 Å². The Kier molecular flexibility index (Phi) is 4.10. The number of imidazole rings is 1. The van der Waals surface area contributed by atoms with Gasteiger partial charge in [-0.3, -0.25) is 0 Å². The zero-order valence-corrected chi connectivity index (χ0v) is 14.9. The molecule has 0 unspecified atom stereocenters. The maximum Gasteiger partial charge on any atom is 0.119 e. The molecule has 1 aromatic heterocycles. The molecule has 0 aliphatic rings. The number of benzene rings is 3. The van der Waals surface area contributed by atoms with Gasteiger partial charge in [-0.2, -0.15) is 0 Å². The highest BCUT2D eigenvalue weighted by molar-refractivity contribution is 5.85. The van der Waals surface area contributed by atoms with Crippen molar-refractivity contribution in [2.75, 3.05) is 7.11 Å². The van der Waals surface area contributed by atoms with E-state index in [0.717, 1.165) is 28.0 Å². The molecule has 128 valence electrons. The van der Waals surface area contributed by atoms with Crippen LogP contribution in [0.1, 0.15) is 24.2 Å². The second-order valence-corrected chi connectivity index (χ2v) is 6.44. The van der Waals surface area contributed by atoms with Crippen molar-refractivity contribution in [3.05, 3.63) is 72.1 Å². The third-order valence-electron chi connectivity index (χ3n) is 4.89. The molecule has 4 rings (SSSR count). The zero-order valence-electron chi connectivity index (χ0n) is 14.9. The fraction of sp³-hybridized carbons (Fsp3) is 0.174. The van der Waals surface area contributed by atoms with Gasteiger partial charge in [0.1, 0.15) is 11.6 Å². The van der Waals surface area contributed by atoms with E-state index >= 15 is 0 Å². The van der Waals surface area contributed by atoms with E-state index in [2.05, 4.69) is 53.8 Å². The minimum absolute atomic E-state index is 0.141. The maximum absolute atomic E-state index is 5.61. The van der Waals surface area contributed by atoms with Crippen molar-refractivity contribution >= 4 is 21.8 Å². The Morgan fingerprint density at radius 3 is 2.65 bits per heavy atom. The highest BCUT2D eigenvalue weighted by atomic mass is 16.5. The Labute approximate surface area is 153 Å². The summed E-state index contributed by atoms with van der Waals surface area (Å²) in [5, 5.41) is 2.35. The van der Waals surface area contributed by atoms with Gasteiger partial charge in [0.25, 0.3) is 0 Å². The van der Waals surface area contributed by atoms with Gasteiger partial charge < -0.3 is 9.30 Å². The minimum atomic E-state index is 0.141. The molecule has 26 heavy (non-hydrogen) atoms. The van der Waals surface area contributed by atoms with Gasteiger partial charge in [0.2, 0.25) is 0 Å². The van der Waals surface area contributed by atoms with E-state index in [4.69, 9.17) is 16.1 Å². The minimum Gasteiger partial charge on any atom is -0.497 e. The standard InChI is InChI=1S/C23H20N2O/c1-4-13-25-22-8-6-5-7-21(22)24-23(25)16(2)17-9-10-19-15-20(26-3)12-11-18(19)14-17/h1,5-12,14-16H,13H2,2-3H3/t16-/m1/s1. The Balaban J connectivity index is 1.81. The van der Waals surface area contributed by atoms with Gasteiger partial charge >= 0.3 is 0 Å². The van der Waals surface area contributed by atoms with Crippen LogP contribution in [0.5, 0.6) is 5.75 Å². The van der Waals surface area contributed by atoms with Gasteiger partial charge in [-0.05, 0) is 40.6 Å². The number of fused-ring (bicyclic) bond motifs is 2. The van der Waals surface area contributed by atoms with Crippen molar-refractivity contribution in [3.8, 4) is 18.1 Å². The lowest BCUT2D eigenvalue weighted by Crippen LogP contribution is -2.07. The first kappa shape index (κ1) is 16.2. The van der Waals surface area contributed by atoms with Crippen molar-refractivity contribution in [1.82, 2.24) is 9.55 Å². The van der Waals surface area contributed by atoms with Crippen LogP contribution in [0.3, 0.4) is 0 Å². The summed E-state index contributed by atoms with van der Waals surface area (Å²) in [6.45, 7) is 2.70. The summed E-state index contributed by atoms with van der Waals surface area (Å²) >= 11 is 0. The first-order valence-electron chi connectivity index (χ1n) is 8.67. The summed E-state index contributed by atoms with van der Waals surface area (Å²) in [6.07, 6.45) is 5.61. The molecule has 0 aliphatic heterocycles. The lowest BCUT2D eigenvalue weighted by Gasteiger charge is -2.14. The van der Waals surface area contributed by atoms with E-state index in [1.54, 1.807) is 7.11 Å². The van der Waals surface area contributed by atoms with Gasteiger partial charge in [-0.1, -0.05) is 49.2 Å². The predicted octanol–water partition coefficient (Wildman–Crippen LogP) is 4.98. The summed E-state index contributed by atoms with van der Waals surface area (Å²) in [7, 11) is 1.69. The SMILES string of the molecule is C#CCn1c([C@H](C)c2ccc3cc(OC)ccc3c2)nc2ccccc21. The molecule has 0 saturated heterocycles. The third-order valence-corrected chi connectivity index (χ3v) is 4.89. The van der Waals surface area contributed by atoms with Crippen LogP contribution in [-0.2, 0) is 6.54 Å². The number of para-hydroxylation sites is 2. The highest BCUT2D eigenvalue weighted by Gasteiger charge is 2.18. The van der Waals surface area contributed by atoms with Gasteiger partial charge in [-0.25, -0.2) is 4.98 Å². The molecule has 0 N–H and O–H groups in total. The molecule has 4 aromatic rings. The molecular weight excluding hydrogens is 320 g/mol. The van der Waals surface area contributed by atoms with Gasteiger partial charge in [-0.15, -0.1) is 6.42 Å². The second kappa shape index (κ2) is 6.57. The van der Waals surface area contributed by atoms with Crippen LogP contribution in [0.25, 0.3) is 21.8 Å². The molecule has 3 nitrogen and oxygen atoms in total. The Bertz CT molecular complexity index is 1130. The van der Waals surface area contributed by atoms with Crippen molar-refractivity contribution in [1.29, 1.82) is 0 Å². The van der Waals surface area contributed by atoms with Gasteiger partial charge in [0.05, 0.1) is 24.7 Å². The molecule has 3 aromatic carbocycles. The van der Waals surface area contributed by atoms with Crippen molar-refractivity contribution in [3.63, 3.8) is 0 Å². The van der Waals surface area contributed by atoms with Crippen LogP contribution in [0.2, 0.25) is 0 Å². The van der Waals surface area contributed by atoms with E-state index < -0.39 is 0 Å². The number of methoxy groups -OCH3 is 1. The maximum atomic E-state index is 5.61. The van der Waals surface area contributed by atoms with Crippen LogP contribution in [0, 0.1) is 12.3 Å². The predicted molar refractivity (Wildman–Crippen MR) is 107 cm³/mol. The first-order valence-corrected chi connectivity index (χ1v) is 8.67. The number of rotatable bonds is 4. The number of aromatic nitrogens is 2. The fourth-order valence-electron chi connectivity index (χ4n) is 3.47. The average molecular weight is 340 g/mol. The van der Waals surface area contributed by atoms with Crippen LogP contribution < -0.4 is 4.74 Å². The molecule has 0 fully saturated rings. The number of terminal acetylenes is 1. The van der Waals surface area contributed by atoms with E-state index in [1.165, 1.54) is 10.9 Å².